The molecule has 0 aromatic heterocycles. The van der Waals surface area contributed by atoms with Crippen molar-refractivity contribution in [1.29, 1.82) is 0 Å². The van der Waals surface area contributed by atoms with Gasteiger partial charge in [0.2, 0.25) is 0 Å². The zero-order chi connectivity index (χ0) is 11.5. The summed E-state index contributed by atoms with van der Waals surface area (Å²) in [5.41, 5.74) is 6.17. The lowest BCUT2D eigenvalue weighted by Crippen LogP contribution is -1.95. The Kier molecular flexibility index (Phi) is 3.28. The minimum atomic E-state index is -0.333. The molecular weight excluding hydrogens is 320 g/mol. The second-order valence-electron chi connectivity index (χ2n) is 3.22. The molecule has 82 valence electrons. The third kappa shape index (κ3) is 2.44. The fourth-order valence-electron chi connectivity index (χ4n) is 1.25. The summed E-state index contributed by atoms with van der Waals surface area (Å²) in [6.07, 6.45) is 0. The van der Waals surface area contributed by atoms with Gasteiger partial charge in [0.25, 0.3) is 0 Å². The van der Waals surface area contributed by atoms with Crippen molar-refractivity contribution in [2.24, 2.45) is 0 Å². The number of para-hydroxylation sites is 1. The molecule has 2 nitrogen and oxygen atoms in total. The molecule has 0 fully saturated rings. The van der Waals surface area contributed by atoms with Gasteiger partial charge in [-0.15, -0.1) is 0 Å². The molecule has 0 saturated carbocycles. The van der Waals surface area contributed by atoms with Crippen LogP contribution in [-0.2, 0) is 0 Å². The van der Waals surface area contributed by atoms with Crippen LogP contribution in [0.25, 0.3) is 0 Å². The molecule has 0 spiro atoms. The first-order chi connectivity index (χ1) is 7.66. The Bertz CT molecular complexity index is 502. The Labute approximate surface area is 106 Å². The first kappa shape index (κ1) is 11.2. The largest absolute Gasteiger partial charge is 0.455 e. The number of halogens is 2. The van der Waals surface area contributed by atoms with Gasteiger partial charge < -0.3 is 10.5 Å². The highest BCUT2D eigenvalue weighted by Gasteiger charge is 2.07. The van der Waals surface area contributed by atoms with E-state index in [1.165, 1.54) is 6.07 Å². The lowest BCUT2D eigenvalue weighted by Gasteiger charge is -2.09. The number of hydrogen-bond donors (Lipinski definition) is 1. The molecule has 4 heteroatoms. The maximum Gasteiger partial charge on any atom is 0.153 e. The van der Waals surface area contributed by atoms with Crippen molar-refractivity contribution in [2.75, 3.05) is 5.73 Å². The molecule has 0 bridgehead atoms. The van der Waals surface area contributed by atoms with E-state index in [-0.39, 0.29) is 5.82 Å². The Balaban J connectivity index is 2.32. The predicted octanol–water partition coefficient (Wildman–Crippen LogP) is 3.80. The van der Waals surface area contributed by atoms with E-state index in [1.807, 2.05) is 40.8 Å². The Hall–Kier alpha value is -1.30. The molecule has 0 amide bonds. The molecule has 0 aliphatic rings. The van der Waals surface area contributed by atoms with Crippen LogP contribution in [0.4, 0.5) is 10.1 Å². The number of nitrogens with two attached hydrogens (primary N) is 1. The quantitative estimate of drug-likeness (QED) is 0.672. The molecule has 0 radical (unpaired) electrons. The van der Waals surface area contributed by atoms with E-state index in [0.717, 1.165) is 0 Å². The number of ether oxygens (including phenoxy) is 1. The van der Waals surface area contributed by atoms with Crippen molar-refractivity contribution >= 4 is 28.3 Å². The smallest absolute Gasteiger partial charge is 0.153 e. The van der Waals surface area contributed by atoms with E-state index >= 15 is 0 Å². The normalized spacial score (nSPS) is 10.1. The predicted molar refractivity (Wildman–Crippen MR) is 70.0 cm³/mol. The van der Waals surface area contributed by atoms with Gasteiger partial charge in [-0.2, -0.15) is 0 Å². The highest BCUT2D eigenvalue weighted by molar-refractivity contribution is 14.1. The average molecular weight is 329 g/mol. The number of anilines is 1. The van der Waals surface area contributed by atoms with Crippen LogP contribution in [0.2, 0.25) is 0 Å². The molecule has 0 aliphatic heterocycles. The zero-order valence-corrected chi connectivity index (χ0v) is 10.4. The molecule has 0 unspecified atom stereocenters. The summed E-state index contributed by atoms with van der Waals surface area (Å²) in [5.74, 6) is 0.639. The van der Waals surface area contributed by atoms with Gasteiger partial charge in [-0.3, -0.25) is 0 Å². The summed E-state index contributed by atoms with van der Waals surface area (Å²) < 4.78 is 19.3. The highest BCUT2D eigenvalue weighted by Crippen LogP contribution is 2.30. The van der Waals surface area contributed by atoms with Crippen molar-refractivity contribution in [3.05, 3.63) is 51.9 Å². The molecule has 16 heavy (non-hydrogen) atoms. The molecule has 2 N–H and O–H groups in total. The van der Waals surface area contributed by atoms with Crippen LogP contribution in [0.3, 0.4) is 0 Å². The lowest BCUT2D eigenvalue weighted by molar-refractivity contribution is 0.478. The summed E-state index contributed by atoms with van der Waals surface area (Å²) >= 11 is 1.89. The fourth-order valence-corrected chi connectivity index (χ4v) is 1.74. The van der Waals surface area contributed by atoms with Gasteiger partial charge in [-0.25, -0.2) is 4.39 Å². The van der Waals surface area contributed by atoms with Crippen LogP contribution in [0.1, 0.15) is 0 Å². The third-order valence-corrected chi connectivity index (χ3v) is 2.85. The average Bonchev–Trinajstić information content (AvgIpc) is 2.27. The summed E-state index contributed by atoms with van der Waals surface area (Å²) in [5, 5.41) is 0. The van der Waals surface area contributed by atoms with E-state index in [2.05, 4.69) is 0 Å². The summed E-state index contributed by atoms with van der Waals surface area (Å²) in [6, 6.07) is 12.0. The van der Waals surface area contributed by atoms with Crippen LogP contribution in [0.15, 0.2) is 42.5 Å². The fraction of sp³-hybridized carbons (Fsp3) is 0. The van der Waals surface area contributed by atoms with Crippen molar-refractivity contribution in [1.82, 2.24) is 0 Å². The second kappa shape index (κ2) is 4.69. The van der Waals surface area contributed by atoms with Gasteiger partial charge in [0.1, 0.15) is 11.6 Å². The highest BCUT2D eigenvalue weighted by atomic mass is 127. The van der Waals surface area contributed by atoms with Gasteiger partial charge in [-0.1, -0.05) is 18.2 Å². The minimum absolute atomic E-state index is 0.333. The number of benzene rings is 2. The van der Waals surface area contributed by atoms with E-state index in [9.17, 15) is 4.39 Å². The molecule has 0 atom stereocenters. The number of nitrogen functional groups attached to an aromatic ring is 1. The van der Waals surface area contributed by atoms with Crippen molar-refractivity contribution in [3.8, 4) is 11.5 Å². The van der Waals surface area contributed by atoms with Crippen molar-refractivity contribution in [2.45, 2.75) is 0 Å². The molecule has 2 aromatic carbocycles. The third-order valence-electron chi connectivity index (χ3n) is 2.02. The standard InChI is InChI=1S/C12H9FINO/c13-9-6-12(11(15)7-10(9)14)16-8-4-2-1-3-5-8/h1-7H,15H2. The van der Waals surface area contributed by atoms with Gasteiger partial charge in [0.15, 0.2) is 5.75 Å². The van der Waals surface area contributed by atoms with Crippen LogP contribution in [0, 0.1) is 9.39 Å². The lowest BCUT2D eigenvalue weighted by atomic mass is 10.3. The van der Waals surface area contributed by atoms with Gasteiger partial charge in [0, 0.05) is 6.07 Å². The van der Waals surface area contributed by atoms with Crippen LogP contribution in [0.5, 0.6) is 11.5 Å². The maximum atomic E-state index is 13.3. The monoisotopic (exact) mass is 329 g/mol. The van der Waals surface area contributed by atoms with Gasteiger partial charge in [-0.05, 0) is 40.8 Å². The first-order valence-corrected chi connectivity index (χ1v) is 5.72. The maximum absolute atomic E-state index is 13.3. The van der Waals surface area contributed by atoms with Crippen molar-refractivity contribution < 1.29 is 9.13 Å². The summed E-state index contributed by atoms with van der Waals surface area (Å²) in [7, 11) is 0. The zero-order valence-electron chi connectivity index (χ0n) is 8.28. The first-order valence-electron chi connectivity index (χ1n) is 4.64. The minimum Gasteiger partial charge on any atom is -0.455 e. The van der Waals surface area contributed by atoms with Gasteiger partial charge >= 0.3 is 0 Å². The Morgan fingerprint density at radius 1 is 1.12 bits per heavy atom. The van der Waals surface area contributed by atoms with Crippen LogP contribution >= 0.6 is 22.6 Å². The molecule has 2 rings (SSSR count). The van der Waals surface area contributed by atoms with E-state index in [4.69, 9.17) is 10.5 Å². The number of hydrogen-bond acceptors (Lipinski definition) is 2. The van der Waals surface area contributed by atoms with Crippen LogP contribution in [-0.4, -0.2) is 0 Å². The van der Waals surface area contributed by atoms with Crippen LogP contribution < -0.4 is 10.5 Å². The molecule has 0 heterocycles. The van der Waals surface area contributed by atoms with E-state index < -0.39 is 0 Å². The Morgan fingerprint density at radius 2 is 1.81 bits per heavy atom. The topological polar surface area (TPSA) is 35.2 Å². The summed E-state index contributed by atoms with van der Waals surface area (Å²) in [4.78, 5) is 0. The van der Waals surface area contributed by atoms with E-state index in [1.54, 1.807) is 18.2 Å². The van der Waals surface area contributed by atoms with Crippen molar-refractivity contribution in [3.63, 3.8) is 0 Å². The molecular formula is C12H9FINO. The second-order valence-corrected chi connectivity index (χ2v) is 4.38. The SMILES string of the molecule is Nc1cc(I)c(F)cc1Oc1ccccc1. The van der Waals surface area contributed by atoms with E-state index in [0.29, 0.717) is 20.8 Å². The molecule has 0 aliphatic carbocycles. The molecule has 2 aromatic rings. The summed E-state index contributed by atoms with van der Waals surface area (Å²) in [6.45, 7) is 0. The Morgan fingerprint density at radius 3 is 2.50 bits per heavy atom. The van der Waals surface area contributed by atoms with Gasteiger partial charge in [0.05, 0.1) is 9.26 Å². The molecule has 0 saturated heterocycles. The number of rotatable bonds is 2.